The number of hydrogen-bond donors (Lipinski definition) is 3. The zero-order chi connectivity index (χ0) is 13.0. The summed E-state index contributed by atoms with van der Waals surface area (Å²) < 4.78 is 5.32. The van der Waals surface area contributed by atoms with Crippen molar-refractivity contribution in [3.8, 4) is 0 Å². The smallest absolute Gasteiger partial charge is 0.272 e. The van der Waals surface area contributed by atoms with Gasteiger partial charge in [-0.05, 0) is 31.4 Å². The number of hydrogen-bond acceptors (Lipinski definition) is 6. The van der Waals surface area contributed by atoms with Crippen LogP contribution in [0.1, 0.15) is 29.8 Å². The first kappa shape index (κ1) is 12.7. The second kappa shape index (κ2) is 5.74. The van der Waals surface area contributed by atoms with E-state index >= 15 is 0 Å². The molecule has 0 aromatic carbocycles. The lowest BCUT2D eigenvalue weighted by Crippen LogP contribution is -2.41. The SMILES string of the molecule is COC1CCCC1NC(=O)c1ccc(NN)nn1. The Balaban J connectivity index is 1.98. The third-order valence-corrected chi connectivity index (χ3v) is 3.12. The van der Waals surface area contributed by atoms with Crippen molar-refractivity contribution < 1.29 is 9.53 Å². The average Bonchev–Trinajstić information content (AvgIpc) is 2.86. The van der Waals surface area contributed by atoms with Crippen molar-refractivity contribution in [1.82, 2.24) is 15.5 Å². The molecule has 1 aromatic rings. The number of aromatic nitrogens is 2. The first-order valence-electron chi connectivity index (χ1n) is 5.88. The van der Waals surface area contributed by atoms with Crippen LogP contribution in [0.3, 0.4) is 0 Å². The van der Waals surface area contributed by atoms with Gasteiger partial charge in [0.25, 0.3) is 5.91 Å². The third-order valence-electron chi connectivity index (χ3n) is 3.12. The highest BCUT2D eigenvalue weighted by molar-refractivity contribution is 5.92. The minimum absolute atomic E-state index is 0.0524. The van der Waals surface area contributed by atoms with E-state index in [9.17, 15) is 4.79 Å². The number of ether oxygens (including phenoxy) is 1. The van der Waals surface area contributed by atoms with E-state index in [1.165, 1.54) is 0 Å². The average molecular weight is 251 g/mol. The maximum Gasteiger partial charge on any atom is 0.272 e. The fraction of sp³-hybridized carbons (Fsp3) is 0.545. The van der Waals surface area contributed by atoms with E-state index in [1.54, 1.807) is 19.2 Å². The summed E-state index contributed by atoms with van der Waals surface area (Å²) in [6.07, 6.45) is 3.06. The Kier molecular flexibility index (Phi) is 4.06. The summed E-state index contributed by atoms with van der Waals surface area (Å²) in [6.45, 7) is 0. The maximum atomic E-state index is 11.9. The highest BCUT2D eigenvalue weighted by Crippen LogP contribution is 2.21. The van der Waals surface area contributed by atoms with E-state index in [0.717, 1.165) is 19.3 Å². The van der Waals surface area contributed by atoms with Crippen molar-refractivity contribution in [3.63, 3.8) is 0 Å². The molecular formula is C11H17N5O2. The Labute approximate surface area is 105 Å². The van der Waals surface area contributed by atoms with Crippen LogP contribution in [-0.2, 0) is 4.74 Å². The number of hydrazine groups is 1. The van der Waals surface area contributed by atoms with Gasteiger partial charge < -0.3 is 15.5 Å². The molecule has 1 aromatic heterocycles. The molecule has 4 N–H and O–H groups in total. The second-order valence-electron chi connectivity index (χ2n) is 4.23. The van der Waals surface area contributed by atoms with Crippen molar-refractivity contribution in [2.75, 3.05) is 12.5 Å². The second-order valence-corrected chi connectivity index (χ2v) is 4.23. The van der Waals surface area contributed by atoms with Crippen LogP contribution in [0.4, 0.5) is 5.82 Å². The summed E-state index contributed by atoms with van der Waals surface area (Å²) in [5, 5.41) is 10.5. The lowest BCUT2D eigenvalue weighted by atomic mass is 10.2. The molecule has 0 radical (unpaired) electrons. The van der Waals surface area contributed by atoms with Crippen LogP contribution in [0.15, 0.2) is 12.1 Å². The van der Waals surface area contributed by atoms with Gasteiger partial charge in [-0.2, -0.15) is 0 Å². The van der Waals surface area contributed by atoms with E-state index in [4.69, 9.17) is 10.6 Å². The first-order valence-corrected chi connectivity index (χ1v) is 5.88. The predicted octanol–water partition coefficient (Wildman–Crippen LogP) is 0.0595. The Morgan fingerprint density at radius 2 is 2.28 bits per heavy atom. The number of carbonyl (C=O) groups is 1. The minimum Gasteiger partial charge on any atom is -0.379 e. The standard InChI is InChI=1S/C11H17N5O2/c1-18-9-4-2-3-7(9)13-11(17)8-5-6-10(14-12)16-15-8/h5-7,9H,2-4,12H2,1H3,(H,13,17)(H,14,16). The molecule has 7 nitrogen and oxygen atoms in total. The third kappa shape index (κ3) is 2.74. The van der Waals surface area contributed by atoms with E-state index < -0.39 is 0 Å². The quantitative estimate of drug-likeness (QED) is 0.516. The predicted molar refractivity (Wildman–Crippen MR) is 65.7 cm³/mol. The van der Waals surface area contributed by atoms with Crippen LogP contribution < -0.4 is 16.6 Å². The summed E-state index contributed by atoms with van der Waals surface area (Å²) in [4.78, 5) is 11.9. The van der Waals surface area contributed by atoms with Gasteiger partial charge in [-0.3, -0.25) is 4.79 Å². The fourth-order valence-corrected chi connectivity index (χ4v) is 2.15. The van der Waals surface area contributed by atoms with Gasteiger partial charge in [-0.15, -0.1) is 10.2 Å². The molecule has 1 aliphatic rings. The van der Waals surface area contributed by atoms with Crippen molar-refractivity contribution in [2.24, 2.45) is 5.84 Å². The normalized spacial score (nSPS) is 22.8. The van der Waals surface area contributed by atoms with Crippen LogP contribution in [0, 0.1) is 0 Å². The van der Waals surface area contributed by atoms with Crippen molar-refractivity contribution in [1.29, 1.82) is 0 Å². The van der Waals surface area contributed by atoms with Crippen LogP contribution in [0.5, 0.6) is 0 Å². The van der Waals surface area contributed by atoms with Crippen molar-refractivity contribution in [3.05, 3.63) is 17.8 Å². The first-order chi connectivity index (χ1) is 8.74. The Morgan fingerprint density at radius 3 is 2.89 bits per heavy atom. The van der Waals surface area contributed by atoms with Crippen LogP contribution >= 0.6 is 0 Å². The van der Waals surface area contributed by atoms with Crippen LogP contribution in [-0.4, -0.2) is 35.4 Å². The van der Waals surface area contributed by atoms with Gasteiger partial charge >= 0.3 is 0 Å². The molecule has 18 heavy (non-hydrogen) atoms. The number of amides is 1. The maximum absolute atomic E-state index is 11.9. The number of nitrogens with zero attached hydrogens (tertiary/aromatic N) is 2. The van der Waals surface area contributed by atoms with E-state index in [2.05, 4.69) is 20.9 Å². The number of methoxy groups -OCH3 is 1. The molecule has 0 saturated heterocycles. The molecule has 2 atom stereocenters. The zero-order valence-corrected chi connectivity index (χ0v) is 10.2. The number of rotatable bonds is 4. The van der Waals surface area contributed by atoms with E-state index in [0.29, 0.717) is 5.82 Å². The van der Waals surface area contributed by atoms with Crippen molar-refractivity contribution in [2.45, 2.75) is 31.4 Å². The molecule has 1 amide bonds. The molecule has 0 aliphatic heterocycles. The number of anilines is 1. The van der Waals surface area contributed by atoms with Gasteiger partial charge in [0.15, 0.2) is 11.5 Å². The minimum atomic E-state index is -0.236. The van der Waals surface area contributed by atoms with E-state index in [1.807, 2.05) is 0 Å². The molecule has 1 fully saturated rings. The highest BCUT2D eigenvalue weighted by atomic mass is 16.5. The molecule has 1 heterocycles. The van der Waals surface area contributed by atoms with Crippen LogP contribution in [0.25, 0.3) is 0 Å². The van der Waals surface area contributed by atoms with Gasteiger partial charge in [0, 0.05) is 7.11 Å². The molecule has 98 valence electrons. The van der Waals surface area contributed by atoms with Crippen LogP contribution in [0.2, 0.25) is 0 Å². The largest absolute Gasteiger partial charge is 0.379 e. The molecular weight excluding hydrogens is 234 g/mol. The van der Waals surface area contributed by atoms with Gasteiger partial charge in [0.1, 0.15) is 0 Å². The highest BCUT2D eigenvalue weighted by Gasteiger charge is 2.28. The lowest BCUT2D eigenvalue weighted by Gasteiger charge is -2.19. The van der Waals surface area contributed by atoms with Crippen molar-refractivity contribution >= 4 is 11.7 Å². The van der Waals surface area contributed by atoms with E-state index in [-0.39, 0.29) is 23.7 Å². The number of nitrogens with one attached hydrogen (secondary N) is 2. The van der Waals surface area contributed by atoms with Gasteiger partial charge in [-0.25, -0.2) is 5.84 Å². The summed E-state index contributed by atoms with van der Waals surface area (Å²) in [5.41, 5.74) is 2.63. The summed E-state index contributed by atoms with van der Waals surface area (Å²) in [7, 11) is 1.66. The Morgan fingerprint density at radius 1 is 1.44 bits per heavy atom. The van der Waals surface area contributed by atoms with Gasteiger partial charge in [0.05, 0.1) is 12.1 Å². The van der Waals surface area contributed by atoms with Gasteiger partial charge in [-0.1, -0.05) is 0 Å². The molecule has 0 bridgehead atoms. The molecule has 7 heteroatoms. The zero-order valence-electron chi connectivity index (χ0n) is 10.2. The fourth-order valence-electron chi connectivity index (χ4n) is 2.15. The van der Waals surface area contributed by atoms with Gasteiger partial charge in [0.2, 0.25) is 0 Å². The monoisotopic (exact) mass is 251 g/mol. The summed E-state index contributed by atoms with van der Waals surface area (Å²) in [5.74, 6) is 5.36. The molecule has 1 aliphatic carbocycles. The lowest BCUT2D eigenvalue weighted by molar-refractivity contribution is 0.0718. The molecule has 2 rings (SSSR count). The Bertz CT molecular complexity index is 408. The number of nitrogens with two attached hydrogens (primary N) is 1. The molecule has 0 spiro atoms. The number of carbonyl (C=O) groups excluding carboxylic acids is 1. The topological polar surface area (TPSA) is 102 Å². The number of nitrogen functional groups attached to an aromatic ring is 1. The summed E-state index contributed by atoms with van der Waals surface area (Å²) >= 11 is 0. The molecule has 2 unspecified atom stereocenters. The molecule has 1 saturated carbocycles. The Hall–Kier alpha value is -1.73. The summed E-state index contributed by atoms with van der Waals surface area (Å²) in [6, 6.07) is 3.23.